The van der Waals surface area contributed by atoms with Crippen LogP contribution in [0.3, 0.4) is 0 Å². The van der Waals surface area contributed by atoms with Gasteiger partial charge in [0.15, 0.2) is 11.5 Å². The summed E-state index contributed by atoms with van der Waals surface area (Å²) in [6.07, 6.45) is 0.755. The second-order valence-electron chi connectivity index (χ2n) is 4.89. The van der Waals surface area contributed by atoms with Crippen LogP contribution in [-0.4, -0.2) is 21.6 Å². The minimum Gasteiger partial charge on any atom is -0.490 e. The summed E-state index contributed by atoms with van der Waals surface area (Å²) in [6, 6.07) is 9.51. The van der Waals surface area contributed by atoms with E-state index in [1.54, 1.807) is 24.3 Å². The number of rotatable bonds is 3. The van der Waals surface area contributed by atoms with E-state index in [2.05, 4.69) is 20.7 Å². The van der Waals surface area contributed by atoms with Crippen molar-refractivity contribution >= 4 is 43.2 Å². The Balaban J connectivity index is 1.95. The van der Waals surface area contributed by atoms with Crippen molar-refractivity contribution in [1.29, 1.82) is 0 Å². The van der Waals surface area contributed by atoms with Crippen molar-refractivity contribution in [3.63, 3.8) is 0 Å². The first-order valence-electron chi connectivity index (χ1n) is 6.83. The maximum atomic E-state index is 12.5. The third kappa shape index (κ3) is 3.73. The summed E-state index contributed by atoms with van der Waals surface area (Å²) < 4.78 is 39.2. The maximum absolute atomic E-state index is 12.5. The number of nitrogens with one attached hydrogen (secondary N) is 1. The van der Waals surface area contributed by atoms with E-state index in [1.807, 2.05) is 0 Å². The highest BCUT2D eigenvalue weighted by atomic mass is 79.9. The van der Waals surface area contributed by atoms with E-state index in [9.17, 15) is 8.42 Å². The second kappa shape index (κ2) is 6.59. The van der Waals surface area contributed by atoms with Crippen LogP contribution in [0.2, 0.25) is 5.02 Å². The molecule has 1 N–H and O–H groups in total. The van der Waals surface area contributed by atoms with Gasteiger partial charge in [-0.2, -0.15) is 0 Å². The van der Waals surface area contributed by atoms with Crippen molar-refractivity contribution < 1.29 is 17.9 Å². The highest BCUT2D eigenvalue weighted by molar-refractivity contribution is 9.10. The summed E-state index contributed by atoms with van der Waals surface area (Å²) in [4.78, 5) is 0.134. The molecule has 3 rings (SSSR count). The normalized spacial score (nSPS) is 14.2. The molecule has 0 aliphatic carbocycles. The molecule has 2 aromatic carbocycles. The molecule has 0 spiro atoms. The first-order valence-corrected chi connectivity index (χ1v) is 9.49. The lowest BCUT2D eigenvalue weighted by molar-refractivity contribution is 0.297. The molecule has 1 heterocycles. The lowest BCUT2D eigenvalue weighted by Crippen LogP contribution is -2.13. The van der Waals surface area contributed by atoms with Gasteiger partial charge in [0.05, 0.1) is 28.8 Å². The predicted octanol–water partition coefficient (Wildman–Crippen LogP) is 4.06. The number of halogens is 2. The van der Waals surface area contributed by atoms with Crippen LogP contribution in [-0.2, 0) is 10.0 Å². The Kier molecular flexibility index (Phi) is 4.70. The molecule has 23 heavy (non-hydrogen) atoms. The summed E-state index contributed by atoms with van der Waals surface area (Å²) in [5.74, 6) is 0.983. The number of anilines is 1. The van der Waals surface area contributed by atoms with Gasteiger partial charge in [-0.25, -0.2) is 8.42 Å². The Hall–Kier alpha value is -1.44. The Morgan fingerprint density at radius 1 is 1.09 bits per heavy atom. The number of hydrogen-bond donors (Lipinski definition) is 1. The molecule has 0 fully saturated rings. The number of benzene rings is 2. The first kappa shape index (κ1) is 16.4. The van der Waals surface area contributed by atoms with Gasteiger partial charge in [-0.05, 0) is 18.2 Å². The minimum absolute atomic E-state index is 0.134. The van der Waals surface area contributed by atoms with Crippen LogP contribution < -0.4 is 14.2 Å². The number of fused-ring (bicyclic) bond motifs is 1. The van der Waals surface area contributed by atoms with Crippen LogP contribution >= 0.6 is 27.5 Å². The molecule has 1 aliphatic rings. The molecule has 8 heteroatoms. The summed E-state index contributed by atoms with van der Waals surface area (Å²) in [7, 11) is -3.75. The molecular formula is C15H13BrClNO4S. The summed E-state index contributed by atoms with van der Waals surface area (Å²) >= 11 is 9.43. The Bertz CT molecular complexity index is 841. The fraction of sp³-hybridized carbons (Fsp3) is 0.200. The molecule has 5 nitrogen and oxygen atoms in total. The zero-order valence-corrected chi connectivity index (χ0v) is 15.0. The highest BCUT2D eigenvalue weighted by Crippen LogP contribution is 2.38. The monoisotopic (exact) mass is 417 g/mol. The molecule has 0 radical (unpaired) electrons. The van der Waals surface area contributed by atoms with Crippen LogP contribution in [0.4, 0.5) is 5.69 Å². The zero-order valence-electron chi connectivity index (χ0n) is 11.9. The van der Waals surface area contributed by atoms with E-state index in [-0.39, 0.29) is 15.6 Å². The van der Waals surface area contributed by atoms with E-state index < -0.39 is 10.0 Å². The average Bonchev–Trinajstić information content (AvgIpc) is 2.72. The SMILES string of the molecule is O=S(=O)(Nc1cc2c(cc1Cl)OCCCO2)c1cccc(Br)c1. The second-order valence-corrected chi connectivity index (χ2v) is 7.90. The zero-order chi connectivity index (χ0) is 16.4. The van der Waals surface area contributed by atoms with Crippen molar-refractivity contribution in [1.82, 2.24) is 0 Å². The Morgan fingerprint density at radius 3 is 2.48 bits per heavy atom. The van der Waals surface area contributed by atoms with E-state index in [4.69, 9.17) is 21.1 Å². The highest BCUT2D eigenvalue weighted by Gasteiger charge is 2.19. The van der Waals surface area contributed by atoms with Crippen molar-refractivity contribution in [3.8, 4) is 11.5 Å². The largest absolute Gasteiger partial charge is 0.490 e. The molecule has 1 aliphatic heterocycles. The third-order valence-corrected chi connectivity index (χ3v) is 5.36. The van der Waals surface area contributed by atoms with Gasteiger partial charge in [-0.3, -0.25) is 4.72 Å². The fourth-order valence-electron chi connectivity index (χ4n) is 2.10. The molecule has 0 amide bonds. The van der Waals surface area contributed by atoms with Gasteiger partial charge in [0, 0.05) is 23.0 Å². The van der Waals surface area contributed by atoms with Gasteiger partial charge in [0.25, 0.3) is 10.0 Å². The Labute approximate surface area is 147 Å². The minimum atomic E-state index is -3.75. The maximum Gasteiger partial charge on any atom is 0.261 e. The predicted molar refractivity (Wildman–Crippen MR) is 92.0 cm³/mol. The molecule has 122 valence electrons. The fourth-order valence-corrected chi connectivity index (χ4v) is 4.02. The Morgan fingerprint density at radius 2 is 1.78 bits per heavy atom. The van der Waals surface area contributed by atoms with Crippen molar-refractivity contribution in [2.24, 2.45) is 0 Å². The lowest BCUT2D eigenvalue weighted by atomic mass is 10.3. The third-order valence-electron chi connectivity index (χ3n) is 3.19. The molecule has 0 aromatic heterocycles. The van der Waals surface area contributed by atoms with Gasteiger partial charge in [0.2, 0.25) is 0 Å². The molecular weight excluding hydrogens is 406 g/mol. The van der Waals surface area contributed by atoms with Gasteiger partial charge in [-0.15, -0.1) is 0 Å². The molecule has 0 bridgehead atoms. The summed E-state index contributed by atoms with van der Waals surface area (Å²) in [6.45, 7) is 1.04. The molecule has 0 atom stereocenters. The van der Waals surface area contributed by atoms with E-state index in [0.717, 1.165) is 6.42 Å². The smallest absolute Gasteiger partial charge is 0.261 e. The molecule has 0 saturated heterocycles. The van der Waals surface area contributed by atoms with E-state index in [0.29, 0.717) is 29.2 Å². The number of hydrogen-bond acceptors (Lipinski definition) is 4. The first-order chi connectivity index (χ1) is 11.0. The van der Waals surface area contributed by atoms with Crippen LogP contribution in [0.1, 0.15) is 6.42 Å². The number of sulfonamides is 1. The summed E-state index contributed by atoms with van der Waals surface area (Å²) in [5, 5.41) is 0.243. The van der Waals surface area contributed by atoms with E-state index in [1.165, 1.54) is 12.1 Å². The molecule has 0 saturated carbocycles. The lowest BCUT2D eigenvalue weighted by Gasteiger charge is -2.13. The van der Waals surface area contributed by atoms with Crippen LogP contribution in [0.15, 0.2) is 45.8 Å². The molecule has 0 unspecified atom stereocenters. The van der Waals surface area contributed by atoms with Gasteiger partial charge < -0.3 is 9.47 Å². The van der Waals surface area contributed by atoms with Gasteiger partial charge >= 0.3 is 0 Å². The average molecular weight is 419 g/mol. The van der Waals surface area contributed by atoms with Crippen LogP contribution in [0.25, 0.3) is 0 Å². The quantitative estimate of drug-likeness (QED) is 0.816. The summed E-state index contributed by atoms with van der Waals surface area (Å²) in [5.41, 5.74) is 0.246. The van der Waals surface area contributed by atoms with Gasteiger partial charge in [0.1, 0.15) is 0 Å². The van der Waals surface area contributed by atoms with Crippen LogP contribution in [0, 0.1) is 0 Å². The topological polar surface area (TPSA) is 64.6 Å². The standard InChI is InChI=1S/C15H13BrClNO4S/c16-10-3-1-4-11(7-10)23(19,20)18-13-9-15-14(8-12(13)17)21-5-2-6-22-15/h1,3-4,7-9,18H,2,5-6H2. The van der Waals surface area contributed by atoms with Gasteiger partial charge in [-0.1, -0.05) is 33.6 Å². The van der Waals surface area contributed by atoms with Crippen molar-refractivity contribution in [3.05, 3.63) is 45.9 Å². The van der Waals surface area contributed by atoms with E-state index >= 15 is 0 Å². The van der Waals surface area contributed by atoms with Crippen molar-refractivity contribution in [2.45, 2.75) is 11.3 Å². The van der Waals surface area contributed by atoms with Crippen LogP contribution in [0.5, 0.6) is 11.5 Å². The van der Waals surface area contributed by atoms with Crippen molar-refractivity contribution in [2.75, 3.05) is 17.9 Å². The number of ether oxygens (including phenoxy) is 2. The molecule has 2 aromatic rings.